The van der Waals surface area contributed by atoms with E-state index in [1.54, 1.807) is 19.9 Å². The van der Waals surface area contributed by atoms with Crippen LogP contribution in [0.3, 0.4) is 0 Å². The van der Waals surface area contributed by atoms with E-state index in [4.69, 9.17) is 16.3 Å². The van der Waals surface area contributed by atoms with Crippen LogP contribution in [0, 0.1) is 6.92 Å². The Morgan fingerprint density at radius 1 is 1.62 bits per heavy atom. The number of rotatable bonds is 3. The molecule has 0 atom stereocenters. The number of halogens is 1. The molecule has 1 aromatic heterocycles. The summed E-state index contributed by atoms with van der Waals surface area (Å²) in [7, 11) is 0. The van der Waals surface area contributed by atoms with Crippen molar-refractivity contribution in [3.63, 3.8) is 0 Å². The zero-order valence-corrected chi connectivity index (χ0v) is 8.05. The molecule has 1 heterocycles. The van der Waals surface area contributed by atoms with Gasteiger partial charge in [0.2, 0.25) is 0 Å². The first-order valence-electron chi connectivity index (χ1n) is 3.67. The lowest BCUT2D eigenvalue weighted by atomic mass is 10.4. The van der Waals surface area contributed by atoms with Gasteiger partial charge in [0, 0.05) is 0 Å². The second kappa shape index (κ2) is 4.18. The van der Waals surface area contributed by atoms with Crippen molar-refractivity contribution in [3.05, 3.63) is 33.4 Å². The molecule has 0 aliphatic heterocycles. The van der Waals surface area contributed by atoms with Crippen molar-refractivity contribution in [2.75, 3.05) is 0 Å². The average Bonchev–Trinajstić information content (AvgIpc) is 2.41. The zero-order chi connectivity index (χ0) is 9.84. The maximum atomic E-state index is 10.6. The third kappa shape index (κ3) is 2.66. The van der Waals surface area contributed by atoms with Crippen LogP contribution in [-0.2, 0) is 11.3 Å². The highest BCUT2D eigenvalue weighted by Gasteiger charge is 2.08. The van der Waals surface area contributed by atoms with Crippen molar-refractivity contribution >= 4 is 11.6 Å². The van der Waals surface area contributed by atoms with Crippen LogP contribution >= 0.6 is 11.6 Å². The maximum Gasteiger partial charge on any atom is 0.519 e. The van der Waals surface area contributed by atoms with Crippen LogP contribution in [0.15, 0.2) is 24.9 Å². The molecule has 4 nitrogen and oxygen atoms in total. The van der Waals surface area contributed by atoms with Crippen molar-refractivity contribution in [3.8, 4) is 0 Å². The minimum absolute atomic E-state index is 0.0980. The molecule has 0 radical (unpaired) electrons. The molecule has 0 aliphatic carbocycles. The topological polar surface area (TPSA) is 52.6 Å². The summed E-state index contributed by atoms with van der Waals surface area (Å²) in [5, 5.41) is 0.253. The monoisotopic (exact) mass is 204 g/mol. The lowest BCUT2D eigenvalue weighted by Gasteiger charge is -1.99. The van der Waals surface area contributed by atoms with E-state index >= 15 is 0 Å². The molecular formula is C8H9ClO4. The molecule has 0 spiro atoms. The molecule has 72 valence electrons. The Labute approximate surface area is 79.7 Å². The van der Waals surface area contributed by atoms with E-state index < -0.39 is 5.82 Å². The number of hydrogen-bond donors (Lipinski definition) is 0. The van der Waals surface area contributed by atoms with Gasteiger partial charge in [0.25, 0.3) is 0 Å². The van der Waals surface area contributed by atoms with Crippen LogP contribution in [0.2, 0.25) is 0 Å². The highest BCUT2D eigenvalue weighted by atomic mass is 35.5. The summed E-state index contributed by atoms with van der Waals surface area (Å²) in [5.41, 5.74) is 0. The Bertz CT molecular complexity index is 360. The molecule has 0 N–H and O–H groups in total. The van der Waals surface area contributed by atoms with E-state index in [2.05, 4.69) is 8.83 Å². The Hall–Kier alpha value is -1.16. The first-order valence-corrected chi connectivity index (χ1v) is 4.05. The number of aryl methyl sites for hydroxylation is 1. The molecule has 13 heavy (non-hydrogen) atoms. The summed E-state index contributed by atoms with van der Waals surface area (Å²) in [6.45, 7) is 3.45. The Morgan fingerprint density at radius 3 is 2.77 bits per heavy atom. The van der Waals surface area contributed by atoms with E-state index in [0.717, 1.165) is 0 Å². The van der Waals surface area contributed by atoms with Gasteiger partial charge < -0.3 is 13.6 Å². The van der Waals surface area contributed by atoms with Gasteiger partial charge in [-0.15, -0.1) is 0 Å². The Morgan fingerprint density at radius 2 is 2.31 bits per heavy atom. The smallest absolute Gasteiger partial charge is 0.475 e. The fraction of sp³-hybridized carbons (Fsp3) is 0.375. The molecule has 0 unspecified atom stereocenters. The summed E-state index contributed by atoms with van der Waals surface area (Å²) >= 11 is 5.56. The van der Waals surface area contributed by atoms with Crippen molar-refractivity contribution in [1.82, 2.24) is 0 Å². The Kier molecular flexibility index (Phi) is 3.19. The van der Waals surface area contributed by atoms with E-state index in [0.29, 0.717) is 11.5 Å². The number of allylic oxidation sites excluding steroid dienone is 1. The van der Waals surface area contributed by atoms with E-state index in [-0.39, 0.29) is 11.8 Å². The van der Waals surface area contributed by atoms with Crippen LogP contribution in [0.4, 0.5) is 0 Å². The highest BCUT2D eigenvalue weighted by molar-refractivity contribution is 6.28. The maximum absolute atomic E-state index is 10.6. The van der Waals surface area contributed by atoms with Gasteiger partial charge in [-0.2, -0.15) is 0 Å². The third-order valence-electron chi connectivity index (χ3n) is 1.40. The Balaban J connectivity index is 2.64. The van der Waals surface area contributed by atoms with Crippen LogP contribution < -0.4 is 5.82 Å². The van der Waals surface area contributed by atoms with Crippen molar-refractivity contribution in [2.45, 2.75) is 20.5 Å². The fourth-order valence-corrected chi connectivity index (χ4v) is 0.779. The lowest BCUT2D eigenvalue weighted by molar-refractivity contribution is 0.194. The largest absolute Gasteiger partial charge is 0.519 e. The van der Waals surface area contributed by atoms with Gasteiger partial charge in [0.15, 0.2) is 23.3 Å². The molecule has 0 fully saturated rings. The van der Waals surface area contributed by atoms with Gasteiger partial charge in [0.1, 0.15) is 0 Å². The molecule has 0 aliphatic rings. The van der Waals surface area contributed by atoms with Gasteiger partial charge in [-0.1, -0.05) is 0 Å². The minimum atomic E-state index is -0.729. The predicted molar refractivity (Wildman–Crippen MR) is 46.4 cm³/mol. The standard InChI is InChI=1S/C8H9ClO4/c1-3-7(9)11-4-6-5(2)12-8(10)13-6/h3H,4H2,1-2H3. The summed E-state index contributed by atoms with van der Waals surface area (Å²) < 4.78 is 14.3. The van der Waals surface area contributed by atoms with Crippen molar-refractivity contribution < 1.29 is 13.6 Å². The molecule has 0 amide bonds. The average molecular weight is 205 g/mol. The predicted octanol–water partition coefficient (Wildman–Crippen LogP) is 2.16. The highest BCUT2D eigenvalue weighted by Crippen LogP contribution is 2.11. The molecule has 1 aromatic rings. The lowest BCUT2D eigenvalue weighted by Crippen LogP contribution is -1.90. The molecule has 0 aromatic carbocycles. The molecule has 0 saturated heterocycles. The van der Waals surface area contributed by atoms with Crippen LogP contribution in [0.25, 0.3) is 0 Å². The van der Waals surface area contributed by atoms with Crippen LogP contribution in [-0.4, -0.2) is 0 Å². The number of hydrogen-bond acceptors (Lipinski definition) is 4. The van der Waals surface area contributed by atoms with E-state index in [9.17, 15) is 4.79 Å². The normalized spacial score (nSPS) is 11.8. The van der Waals surface area contributed by atoms with Gasteiger partial charge in [-0.25, -0.2) is 4.79 Å². The van der Waals surface area contributed by atoms with Gasteiger partial charge in [-0.3, -0.25) is 0 Å². The molecule has 0 bridgehead atoms. The second-order valence-electron chi connectivity index (χ2n) is 2.31. The van der Waals surface area contributed by atoms with E-state index in [1.165, 1.54) is 0 Å². The second-order valence-corrected chi connectivity index (χ2v) is 2.69. The first-order chi connectivity index (χ1) is 6.13. The third-order valence-corrected chi connectivity index (χ3v) is 1.73. The quantitative estimate of drug-likeness (QED) is 0.708. The number of ether oxygens (including phenoxy) is 1. The van der Waals surface area contributed by atoms with Crippen molar-refractivity contribution in [1.29, 1.82) is 0 Å². The van der Waals surface area contributed by atoms with E-state index in [1.807, 2.05) is 0 Å². The first kappa shape index (κ1) is 9.92. The van der Waals surface area contributed by atoms with Crippen molar-refractivity contribution in [2.24, 2.45) is 0 Å². The SMILES string of the molecule is CC=C(Cl)OCc1oc(=O)oc1C. The van der Waals surface area contributed by atoms with Gasteiger partial charge >= 0.3 is 5.82 Å². The summed E-state index contributed by atoms with van der Waals surface area (Å²) in [6.07, 6.45) is 1.59. The summed E-state index contributed by atoms with van der Waals surface area (Å²) in [5.74, 6) is 0.0308. The van der Waals surface area contributed by atoms with Gasteiger partial charge in [0.05, 0.1) is 0 Å². The summed E-state index contributed by atoms with van der Waals surface area (Å²) in [6, 6.07) is 0. The summed E-state index contributed by atoms with van der Waals surface area (Å²) in [4.78, 5) is 10.6. The molecular weight excluding hydrogens is 196 g/mol. The zero-order valence-electron chi connectivity index (χ0n) is 7.30. The molecule has 5 heteroatoms. The van der Waals surface area contributed by atoms with Crippen LogP contribution in [0.1, 0.15) is 18.4 Å². The minimum Gasteiger partial charge on any atom is -0.475 e. The molecule has 1 rings (SSSR count). The molecule has 0 saturated carbocycles. The van der Waals surface area contributed by atoms with Crippen LogP contribution in [0.5, 0.6) is 0 Å². The van der Waals surface area contributed by atoms with Gasteiger partial charge in [-0.05, 0) is 31.5 Å². The fourth-order valence-electron chi connectivity index (χ4n) is 0.724.